The van der Waals surface area contributed by atoms with Gasteiger partial charge in [-0.05, 0) is 74.6 Å². The van der Waals surface area contributed by atoms with Crippen molar-refractivity contribution in [3.8, 4) is 5.75 Å². The van der Waals surface area contributed by atoms with Gasteiger partial charge in [0, 0.05) is 9.90 Å². The lowest BCUT2D eigenvalue weighted by atomic mass is 10.0. The Morgan fingerprint density at radius 1 is 1.18 bits per heavy atom. The number of hydrogen-bond donors (Lipinski definition) is 1. The molecule has 33 heavy (non-hydrogen) atoms. The number of nitrogens with one attached hydrogen (secondary N) is 1. The molecule has 1 N–H and O–H groups in total. The average molecular weight is 490 g/mol. The van der Waals surface area contributed by atoms with Crippen LogP contribution in [0.3, 0.4) is 0 Å². The molecule has 0 fully saturated rings. The van der Waals surface area contributed by atoms with Crippen LogP contribution in [0.1, 0.15) is 74.9 Å². The summed E-state index contributed by atoms with van der Waals surface area (Å²) in [5, 5.41) is 3.93. The third kappa shape index (κ3) is 5.60. The second kappa shape index (κ2) is 10.4. The molecule has 0 atom stereocenters. The predicted octanol–water partition coefficient (Wildman–Crippen LogP) is 7.05. The molecule has 0 aliphatic rings. The highest BCUT2D eigenvalue weighted by molar-refractivity contribution is 7.16. The number of benzene rings is 1. The Hall–Kier alpha value is -2.77. The van der Waals surface area contributed by atoms with Crippen LogP contribution in [0.5, 0.6) is 5.75 Å². The van der Waals surface area contributed by atoms with E-state index in [2.05, 4.69) is 19.2 Å². The molecule has 8 heteroatoms. The van der Waals surface area contributed by atoms with Gasteiger partial charge < -0.3 is 19.2 Å². The molecule has 0 aliphatic carbocycles. The van der Waals surface area contributed by atoms with E-state index in [4.69, 9.17) is 25.5 Å². The summed E-state index contributed by atoms with van der Waals surface area (Å²) in [6.45, 7) is 12.0. The van der Waals surface area contributed by atoms with Crippen molar-refractivity contribution in [2.45, 2.75) is 54.1 Å². The summed E-state index contributed by atoms with van der Waals surface area (Å²) in [4.78, 5) is 26.1. The number of halogens is 1. The molecule has 0 aliphatic heterocycles. The van der Waals surface area contributed by atoms with Gasteiger partial charge in [0.15, 0.2) is 5.76 Å². The molecule has 0 saturated heterocycles. The number of furan rings is 1. The lowest BCUT2D eigenvalue weighted by Gasteiger charge is -2.15. The fourth-order valence-corrected chi connectivity index (χ4v) is 4.52. The quantitative estimate of drug-likeness (QED) is 0.343. The van der Waals surface area contributed by atoms with Crippen LogP contribution in [0.2, 0.25) is 5.02 Å². The van der Waals surface area contributed by atoms with E-state index in [0.29, 0.717) is 21.3 Å². The SMILES string of the molecule is CCOC(=O)c1c(NC(=O)c2ccc(COc3cc(C)c(Cl)cc3C(C)C)o2)sc(C)c1C. The number of rotatable bonds is 8. The summed E-state index contributed by atoms with van der Waals surface area (Å²) in [6.07, 6.45) is 0. The molecule has 0 saturated carbocycles. The van der Waals surface area contributed by atoms with Crippen LogP contribution in [-0.4, -0.2) is 18.5 Å². The van der Waals surface area contributed by atoms with Crippen LogP contribution in [0, 0.1) is 20.8 Å². The summed E-state index contributed by atoms with van der Waals surface area (Å²) in [7, 11) is 0. The molecule has 1 amide bonds. The number of hydrogen-bond acceptors (Lipinski definition) is 6. The normalized spacial score (nSPS) is 11.0. The molecule has 1 aromatic carbocycles. The maximum atomic E-state index is 12.8. The van der Waals surface area contributed by atoms with Gasteiger partial charge in [-0.25, -0.2) is 4.79 Å². The van der Waals surface area contributed by atoms with Crippen molar-refractivity contribution < 1.29 is 23.5 Å². The zero-order chi connectivity index (χ0) is 24.3. The largest absolute Gasteiger partial charge is 0.485 e. The lowest BCUT2D eigenvalue weighted by molar-refractivity contribution is 0.0527. The summed E-state index contributed by atoms with van der Waals surface area (Å²) >= 11 is 7.59. The summed E-state index contributed by atoms with van der Waals surface area (Å²) in [6, 6.07) is 7.11. The van der Waals surface area contributed by atoms with Gasteiger partial charge in [0.05, 0.1) is 12.2 Å². The standard InChI is InChI=1S/C25H28ClNO5S/c1-7-30-25(29)22-15(5)16(6)33-24(22)27-23(28)20-9-8-17(32-20)12-31-21-10-14(4)19(26)11-18(21)13(2)3/h8-11,13H,7,12H2,1-6H3,(H,27,28). The molecule has 0 spiro atoms. The van der Waals surface area contributed by atoms with Gasteiger partial charge in [-0.15, -0.1) is 11.3 Å². The van der Waals surface area contributed by atoms with E-state index in [1.807, 2.05) is 32.9 Å². The molecule has 3 aromatic rings. The number of aryl methyl sites for hydroxylation is 2. The van der Waals surface area contributed by atoms with Crippen LogP contribution >= 0.6 is 22.9 Å². The van der Waals surface area contributed by atoms with E-state index >= 15 is 0 Å². The third-order valence-electron chi connectivity index (χ3n) is 5.26. The first-order valence-corrected chi connectivity index (χ1v) is 11.9. The maximum absolute atomic E-state index is 12.8. The van der Waals surface area contributed by atoms with Crippen LogP contribution in [-0.2, 0) is 11.3 Å². The van der Waals surface area contributed by atoms with E-state index < -0.39 is 11.9 Å². The Morgan fingerprint density at radius 2 is 1.91 bits per heavy atom. The van der Waals surface area contributed by atoms with Gasteiger partial charge in [0.2, 0.25) is 0 Å². The summed E-state index contributed by atoms with van der Waals surface area (Å²) in [5.74, 6) is 0.705. The first-order valence-electron chi connectivity index (χ1n) is 10.7. The first-order chi connectivity index (χ1) is 15.6. The van der Waals surface area contributed by atoms with E-state index in [1.54, 1.807) is 19.1 Å². The molecule has 3 rings (SSSR count). The monoisotopic (exact) mass is 489 g/mol. The van der Waals surface area contributed by atoms with Gasteiger partial charge >= 0.3 is 5.97 Å². The van der Waals surface area contributed by atoms with Gasteiger partial charge in [0.1, 0.15) is 23.1 Å². The molecule has 176 valence electrons. The Labute approximate surface area is 202 Å². The molecular weight excluding hydrogens is 462 g/mol. The summed E-state index contributed by atoms with van der Waals surface area (Å²) < 4.78 is 16.8. The molecular formula is C25H28ClNO5S. The van der Waals surface area contributed by atoms with Gasteiger partial charge in [-0.2, -0.15) is 0 Å². The van der Waals surface area contributed by atoms with Crippen molar-refractivity contribution in [2.24, 2.45) is 0 Å². The maximum Gasteiger partial charge on any atom is 0.341 e. The fourth-order valence-electron chi connectivity index (χ4n) is 3.30. The van der Waals surface area contributed by atoms with Crippen LogP contribution < -0.4 is 10.1 Å². The Bertz CT molecular complexity index is 1180. The van der Waals surface area contributed by atoms with Crippen molar-refractivity contribution in [3.05, 3.63) is 67.9 Å². The molecule has 0 unspecified atom stereocenters. The van der Waals surface area contributed by atoms with Crippen molar-refractivity contribution in [1.29, 1.82) is 0 Å². The number of anilines is 1. The zero-order valence-electron chi connectivity index (χ0n) is 19.6. The van der Waals surface area contributed by atoms with Crippen molar-refractivity contribution >= 4 is 39.8 Å². The number of carbonyl (C=O) groups excluding carboxylic acids is 2. The van der Waals surface area contributed by atoms with Crippen LogP contribution in [0.15, 0.2) is 28.7 Å². The van der Waals surface area contributed by atoms with Crippen molar-refractivity contribution in [2.75, 3.05) is 11.9 Å². The van der Waals surface area contributed by atoms with Crippen LogP contribution in [0.4, 0.5) is 5.00 Å². The molecule has 0 radical (unpaired) electrons. The predicted molar refractivity (Wildman–Crippen MR) is 131 cm³/mol. The molecule has 2 aromatic heterocycles. The highest BCUT2D eigenvalue weighted by Gasteiger charge is 2.23. The lowest BCUT2D eigenvalue weighted by Crippen LogP contribution is -2.14. The Kier molecular flexibility index (Phi) is 7.87. The number of esters is 1. The number of carbonyl (C=O) groups is 2. The van der Waals surface area contributed by atoms with Gasteiger partial charge in [0.25, 0.3) is 5.91 Å². The van der Waals surface area contributed by atoms with E-state index in [9.17, 15) is 9.59 Å². The van der Waals surface area contributed by atoms with Gasteiger partial charge in [-0.3, -0.25) is 4.79 Å². The minimum Gasteiger partial charge on any atom is -0.485 e. The second-order valence-corrected chi connectivity index (χ2v) is 9.64. The first kappa shape index (κ1) is 24.9. The molecule has 2 heterocycles. The average Bonchev–Trinajstić information content (AvgIpc) is 3.33. The van der Waals surface area contributed by atoms with E-state index in [-0.39, 0.29) is 24.9 Å². The highest BCUT2D eigenvalue weighted by atomic mass is 35.5. The Morgan fingerprint density at radius 3 is 2.58 bits per heavy atom. The zero-order valence-corrected chi connectivity index (χ0v) is 21.2. The van der Waals surface area contributed by atoms with Crippen LogP contribution in [0.25, 0.3) is 0 Å². The summed E-state index contributed by atoms with van der Waals surface area (Å²) in [5.41, 5.74) is 3.10. The van der Waals surface area contributed by atoms with Crippen molar-refractivity contribution in [1.82, 2.24) is 0 Å². The molecule has 0 bridgehead atoms. The van der Waals surface area contributed by atoms with Gasteiger partial charge in [-0.1, -0.05) is 25.4 Å². The second-order valence-electron chi connectivity index (χ2n) is 8.01. The number of amides is 1. The molecule has 6 nitrogen and oxygen atoms in total. The highest BCUT2D eigenvalue weighted by Crippen LogP contribution is 2.34. The number of ether oxygens (including phenoxy) is 2. The third-order valence-corrected chi connectivity index (χ3v) is 6.79. The van der Waals surface area contributed by atoms with E-state index in [1.165, 1.54) is 11.3 Å². The minimum atomic E-state index is -0.456. The Balaban J connectivity index is 1.73. The number of thiophene rings is 1. The topological polar surface area (TPSA) is 77.8 Å². The minimum absolute atomic E-state index is 0.128. The fraction of sp³-hybridized carbons (Fsp3) is 0.360. The van der Waals surface area contributed by atoms with Crippen molar-refractivity contribution in [3.63, 3.8) is 0 Å². The van der Waals surface area contributed by atoms with E-state index in [0.717, 1.165) is 27.3 Å². The smallest absolute Gasteiger partial charge is 0.341 e.